The van der Waals surface area contributed by atoms with Gasteiger partial charge in [-0.2, -0.15) is 0 Å². The second-order valence-corrected chi connectivity index (χ2v) is 3.13. The third kappa shape index (κ3) is 1.55. The average Bonchev–Trinajstić information content (AvgIpc) is 1.82. The molecule has 12 heavy (non-hydrogen) atoms. The van der Waals surface area contributed by atoms with Gasteiger partial charge in [-0.3, -0.25) is 9.59 Å². The summed E-state index contributed by atoms with van der Waals surface area (Å²) in [6.45, 7) is 0. The first-order chi connectivity index (χ1) is 5.52. The number of hydrogen-bond acceptors (Lipinski definition) is 3. The van der Waals surface area contributed by atoms with Gasteiger partial charge in [0, 0.05) is 0 Å². The van der Waals surface area contributed by atoms with Gasteiger partial charge in [0.15, 0.2) is 0 Å². The van der Waals surface area contributed by atoms with Crippen LogP contribution in [-0.2, 0) is 9.59 Å². The Morgan fingerprint density at radius 1 is 1.33 bits per heavy atom. The largest absolute Gasteiger partial charge is 0.481 e. The van der Waals surface area contributed by atoms with Crippen LogP contribution < -0.4 is 5.73 Å². The third-order valence-electron chi connectivity index (χ3n) is 2.32. The fourth-order valence-electron chi connectivity index (χ4n) is 1.36. The fourth-order valence-corrected chi connectivity index (χ4v) is 1.36. The molecule has 0 bridgehead atoms. The van der Waals surface area contributed by atoms with Crippen molar-refractivity contribution in [2.24, 2.45) is 17.6 Å². The highest BCUT2D eigenvalue weighted by Crippen LogP contribution is 2.35. The van der Waals surface area contributed by atoms with Gasteiger partial charge in [-0.1, -0.05) is 0 Å². The van der Waals surface area contributed by atoms with E-state index in [4.69, 9.17) is 15.9 Å². The van der Waals surface area contributed by atoms with Gasteiger partial charge in [-0.25, -0.2) is 0 Å². The van der Waals surface area contributed by atoms with Crippen LogP contribution in [0.15, 0.2) is 0 Å². The van der Waals surface area contributed by atoms with E-state index in [9.17, 15) is 9.59 Å². The molecule has 0 aromatic carbocycles. The molecule has 1 rings (SSSR count). The molecule has 5 heteroatoms. The first kappa shape index (κ1) is 8.99. The smallest absolute Gasteiger partial charge is 0.320 e. The molecule has 0 aromatic heterocycles. The van der Waals surface area contributed by atoms with Gasteiger partial charge >= 0.3 is 11.9 Å². The number of hydrogen-bond donors (Lipinski definition) is 3. The lowest BCUT2D eigenvalue weighted by molar-refractivity contribution is -0.150. The van der Waals surface area contributed by atoms with Crippen molar-refractivity contribution in [3.8, 4) is 0 Å². The van der Waals surface area contributed by atoms with E-state index in [0.29, 0.717) is 12.8 Å². The van der Waals surface area contributed by atoms with E-state index in [2.05, 4.69) is 0 Å². The van der Waals surface area contributed by atoms with Gasteiger partial charge in [-0.05, 0) is 18.8 Å². The van der Waals surface area contributed by atoms with Crippen LogP contribution in [0.25, 0.3) is 0 Å². The lowest BCUT2D eigenvalue weighted by Gasteiger charge is -2.34. The van der Waals surface area contributed by atoms with Crippen molar-refractivity contribution in [2.75, 3.05) is 0 Å². The molecule has 5 nitrogen and oxygen atoms in total. The summed E-state index contributed by atoms with van der Waals surface area (Å²) >= 11 is 0. The number of rotatable bonds is 3. The Morgan fingerprint density at radius 2 is 1.83 bits per heavy atom. The van der Waals surface area contributed by atoms with Crippen molar-refractivity contribution in [1.82, 2.24) is 0 Å². The van der Waals surface area contributed by atoms with Crippen molar-refractivity contribution < 1.29 is 19.8 Å². The van der Waals surface area contributed by atoms with Crippen molar-refractivity contribution >= 4 is 11.9 Å². The molecule has 1 aliphatic carbocycles. The molecule has 0 saturated heterocycles. The summed E-state index contributed by atoms with van der Waals surface area (Å²) in [5.74, 6) is -2.46. The predicted molar refractivity (Wildman–Crippen MR) is 39.5 cm³/mol. The van der Waals surface area contributed by atoms with Crippen LogP contribution in [-0.4, -0.2) is 28.2 Å². The van der Waals surface area contributed by atoms with Crippen molar-refractivity contribution in [3.05, 3.63) is 0 Å². The maximum Gasteiger partial charge on any atom is 0.320 e. The van der Waals surface area contributed by atoms with E-state index in [-0.39, 0.29) is 11.8 Å². The van der Waals surface area contributed by atoms with Crippen molar-refractivity contribution in [3.63, 3.8) is 0 Å². The zero-order valence-corrected chi connectivity index (χ0v) is 6.43. The van der Waals surface area contributed by atoms with E-state index in [1.807, 2.05) is 0 Å². The zero-order valence-electron chi connectivity index (χ0n) is 6.43. The molecule has 1 aliphatic rings. The molecule has 0 spiro atoms. The molecular formula is C7H11NO4. The minimum absolute atomic E-state index is 0.163. The van der Waals surface area contributed by atoms with Crippen molar-refractivity contribution in [2.45, 2.75) is 18.9 Å². The Kier molecular flexibility index (Phi) is 2.32. The summed E-state index contributed by atoms with van der Waals surface area (Å²) < 4.78 is 0. The van der Waals surface area contributed by atoms with Crippen LogP contribution in [0, 0.1) is 11.8 Å². The van der Waals surface area contributed by atoms with Crippen LogP contribution in [0.2, 0.25) is 0 Å². The summed E-state index contributed by atoms with van der Waals surface area (Å²) in [7, 11) is 0. The van der Waals surface area contributed by atoms with Gasteiger partial charge in [0.2, 0.25) is 0 Å². The maximum atomic E-state index is 10.3. The number of nitrogens with two attached hydrogens (primary N) is 1. The molecule has 1 fully saturated rings. The fraction of sp³-hybridized carbons (Fsp3) is 0.714. The summed E-state index contributed by atoms with van der Waals surface area (Å²) in [6.07, 6.45) is 0.783. The lowest BCUT2D eigenvalue weighted by atomic mass is 9.71. The monoisotopic (exact) mass is 173 g/mol. The molecule has 0 heterocycles. The standard InChI is InChI=1S/C7H11NO4/c8-5(7(11)12)3-1-4(2-3)6(9)10/h3-5H,1-2,8H2,(H,9,10)(H,11,12). The number of carboxylic acid groups (broad SMARTS) is 2. The Labute approximate surface area is 69.2 Å². The van der Waals surface area contributed by atoms with Crippen LogP contribution in [0.1, 0.15) is 12.8 Å². The predicted octanol–water partition coefficient (Wildman–Crippen LogP) is -0.491. The molecule has 68 valence electrons. The summed E-state index contributed by atoms with van der Waals surface area (Å²) in [6, 6.07) is -0.902. The summed E-state index contributed by atoms with van der Waals surface area (Å²) in [5, 5.41) is 17.0. The molecule has 4 N–H and O–H groups in total. The van der Waals surface area contributed by atoms with Gasteiger partial charge in [-0.15, -0.1) is 0 Å². The highest BCUT2D eigenvalue weighted by molar-refractivity contribution is 5.75. The number of carboxylic acids is 2. The second kappa shape index (κ2) is 3.10. The van der Waals surface area contributed by atoms with Crippen LogP contribution in [0.5, 0.6) is 0 Å². The minimum atomic E-state index is -1.05. The van der Waals surface area contributed by atoms with Gasteiger partial charge in [0.25, 0.3) is 0 Å². The lowest BCUT2D eigenvalue weighted by Crippen LogP contribution is -2.46. The number of aliphatic carboxylic acids is 2. The quantitative estimate of drug-likeness (QED) is 0.534. The second-order valence-electron chi connectivity index (χ2n) is 3.13. The van der Waals surface area contributed by atoms with E-state index < -0.39 is 18.0 Å². The molecule has 0 aromatic rings. The minimum Gasteiger partial charge on any atom is -0.481 e. The van der Waals surface area contributed by atoms with E-state index in [1.54, 1.807) is 0 Å². The molecular weight excluding hydrogens is 162 g/mol. The molecule has 0 aliphatic heterocycles. The molecule has 1 saturated carbocycles. The third-order valence-corrected chi connectivity index (χ3v) is 2.32. The van der Waals surface area contributed by atoms with Gasteiger partial charge < -0.3 is 15.9 Å². The maximum absolute atomic E-state index is 10.3. The van der Waals surface area contributed by atoms with E-state index in [1.165, 1.54) is 0 Å². The Bertz CT molecular complexity index is 209. The molecule has 1 atom stereocenters. The van der Waals surface area contributed by atoms with Crippen LogP contribution in [0.4, 0.5) is 0 Å². The Balaban J connectivity index is 2.34. The molecule has 1 unspecified atom stereocenters. The topological polar surface area (TPSA) is 101 Å². The highest BCUT2D eigenvalue weighted by atomic mass is 16.4. The normalized spacial score (nSPS) is 30.4. The van der Waals surface area contributed by atoms with Crippen LogP contribution in [0.3, 0.4) is 0 Å². The highest BCUT2D eigenvalue weighted by Gasteiger charge is 2.40. The summed E-state index contributed by atoms with van der Waals surface area (Å²) in [5.41, 5.74) is 5.29. The number of carbonyl (C=O) groups is 2. The van der Waals surface area contributed by atoms with Crippen molar-refractivity contribution in [1.29, 1.82) is 0 Å². The first-order valence-corrected chi connectivity index (χ1v) is 3.73. The van der Waals surface area contributed by atoms with E-state index >= 15 is 0 Å². The average molecular weight is 173 g/mol. The van der Waals surface area contributed by atoms with Crippen LogP contribution >= 0.6 is 0 Å². The van der Waals surface area contributed by atoms with Gasteiger partial charge in [0.1, 0.15) is 6.04 Å². The first-order valence-electron chi connectivity index (χ1n) is 3.73. The molecule has 0 radical (unpaired) electrons. The molecule has 0 amide bonds. The zero-order chi connectivity index (χ0) is 9.30. The van der Waals surface area contributed by atoms with Gasteiger partial charge in [0.05, 0.1) is 5.92 Å². The summed E-state index contributed by atoms with van der Waals surface area (Å²) in [4.78, 5) is 20.7. The van der Waals surface area contributed by atoms with E-state index in [0.717, 1.165) is 0 Å². The Hall–Kier alpha value is -1.10. The SMILES string of the molecule is NC(C(=O)O)C1CC(C(=O)O)C1. The Morgan fingerprint density at radius 3 is 2.17 bits per heavy atom.